The van der Waals surface area contributed by atoms with E-state index in [0.717, 1.165) is 46.1 Å². The van der Waals surface area contributed by atoms with Crippen LogP contribution in [0.3, 0.4) is 0 Å². The first-order valence-electron chi connectivity index (χ1n) is 15.2. The molecule has 0 fully saturated rings. The van der Waals surface area contributed by atoms with Crippen LogP contribution in [0.15, 0.2) is 102 Å². The van der Waals surface area contributed by atoms with Crippen molar-refractivity contribution in [3.8, 4) is 11.4 Å². The maximum atomic E-state index is 14.5. The van der Waals surface area contributed by atoms with Crippen molar-refractivity contribution in [1.82, 2.24) is 24.8 Å². The molecule has 0 bridgehead atoms. The highest BCUT2D eigenvalue weighted by atomic mass is 19.1. The van der Waals surface area contributed by atoms with E-state index in [4.69, 9.17) is 4.98 Å². The fourth-order valence-electron chi connectivity index (χ4n) is 5.79. The fraction of sp³-hybridized carbons (Fsp3) is 0.222. The van der Waals surface area contributed by atoms with Crippen molar-refractivity contribution in [3.05, 3.63) is 130 Å². The highest BCUT2D eigenvalue weighted by Crippen LogP contribution is 2.33. The zero-order valence-electron chi connectivity index (χ0n) is 25.3. The number of halogens is 1. The minimum atomic E-state index is -0.306. The van der Waals surface area contributed by atoms with Crippen molar-refractivity contribution in [2.75, 3.05) is 5.32 Å². The Morgan fingerprint density at radius 1 is 1.13 bits per heavy atom. The Morgan fingerprint density at radius 2 is 1.93 bits per heavy atom. The highest BCUT2D eigenvalue weighted by molar-refractivity contribution is 5.80. The van der Waals surface area contributed by atoms with Crippen LogP contribution in [-0.2, 0) is 24.3 Å². The number of fused-ring (bicyclic) bond motifs is 2. The Morgan fingerprint density at radius 3 is 2.67 bits per heavy atom. The van der Waals surface area contributed by atoms with E-state index >= 15 is 0 Å². The topological polar surface area (TPSA) is 105 Å². The van der Waals surface area contributed by atoms with Crippen LogP contribution in [-0.4, -0.2) is 25.4 Å². The molecule has 1 aliphatic heterocycles. The molecule has 1 aliphatic rings. The van der Waals surface area contributed by atoms with Gasteiger partial charge in [-0.15, -0.1) is 0 Å². The van der Waals surface area contributed by atoms with Gasteiger partial charge in [0.05, 0.1) is 18.3 Å². The third-order valence-electron chi connectivity index (χ3n) is 8.06. The van der Waals surface area contributed by atoms with E-state index in [9.17, 15) is 14.0 Å². The summed E-state index contributed by atoms with van der Waals surface area (Å²) in [6.45, 7) is 3.77. The minimum Gasteiger partial charge on any atom is -0.372 e. The van der Waals surface area contributed by atoms with E-state index in [1.165, 1.54) is 10.6 Å². The number of allylic oxidation sites excluding steroid dienone is 4. The largest absolute Gasteiger partial charge is 0.372 e. The van der Waals surface area contributed by atoms with Crippen LogP contribution in [0.1, 0.15) is 55.2 Å². The maximum absolute atomic E-state index is 14.5. The van der Waals surface area contributed by atoms with Crippen LogP contribution in [0, 0.1) is 0 Å². The fourth-order valence-corrected chi connectivity index (χ4v) is 5.79. The van der Waals surface area contributed by atoms with Gasteiger partial charge >= 0.3 is 0 Å². The summed E-state index contributed by atoms with van der Waals surface area (Å²) in [6.07, 6.45) is 8.88. The monoisotopic (exact) mass is 602 g/mol. The molecule has 0 saturated heterocycles. The Kier molecular flexibility index (Phi) is 8.68. The van der Waals surface area contributed by atoms with Crippen molar-refractivity contribution < 1.29 is 9.18 Å². The zero-order chi connectivity index (χ0) is 31.3. The average Bonchev–Trinajstić information content (AvgIpc) is 3.51. The number of benzene rings is 2. The van der Waals surface area contributed by atoms with Gasteiger partial charge < -0.3 is 15.6 Å². The second-order valence-electron chi connectivity index (χ2n) is 11.1. The second kappa shape index (κ2) is 13.1. The van der Waals surface area contributed by atoms with Crippen molar-refractivity contribution >= 4 is 28.1 Å². The highest BCUT2D eigenvalue weighted by Gasteiger charge is 2.26. The maximum Gasteiger partial charge on any atom is 0.277 e. The molecule has 3 N–H and O–H groups in total. The third-order valence-corrected chi connectivity index (χ3v) is 8.06. The molecule has 0 spiro atoms. The second-order valence-corrected chi connectivity index (χ2v) is 11.1. The smallest absolute Gasteiger partial charge is 0.277 e. The lowest BCUT2D eigenvalue weighted by Gasteiger charge is -2.28. The van der Waals surface area contributed by atoms with E-state index in [0.29, 0.717) is 29.2 Å². The number of pyridine rings is 1. The van der Waals surface area contributed by atoms with Gasteiger partial charge in [0.2, 0.25) is 5.91 Å². The number of hydrogen-bond acceptors (Lipinski definition) is 5. The molecule has 1 atom stereocenters. The Labute approximate surface area is 260 Å². The van der Waals surface area contributed by atoms with E-state index in [-0.39, 0.29) is 36.4 Å². The van der Waals surface area contributed by atoms with Gasteiger partial charge in [-0.05, 0) is 49.4 Å². The molecule has 1 amide bonds. The number of nitrogens with one attached hydrogen (secondary N) is 3. The molecule has 4 heterocycles. The molecular weight excluding hydrogens is 567 g/mol. The van der Waals surface area contributed by atoms with E-state index in [1.54, 1.807) is 19.3 Å². The van der Waals surface area contributed by atoms with Gasteiger partial charge in [-0.2, -0.15) is 0 Å². The molecule has 8 nitrogen and oxygen atoms in total. The minimum absolute atomic E-state index is 0.132. The molecular formula is C36H35FN6O2. The molecule has 2 aromatic carbocycles. The molecule has 228 valence electrons. The van der Waals surface area contributed by atoms with Crippen molar-refractivity contribution in [2.24, 2.45) is 0 Å². The molecule has 0 radical (unpaired) electrons. The number of amides is 1. The van der Waals surface area contributed by atoms with Crippen LogP contribution in [0.2, 0.25) is 0 Å². The predicted octanol–water partition coefficient (Wildman–Crippen LogP) is 6.87. The molecule has 1 unspecified atom stereocenters. The first-order chi connectivity index (χ1) is 21.9. The Hall–Kier alpha value is -5.31. The molecule has 5 aromatic rings. The summed E-state index contributed by atoms with van der Waals surface area (Å²) in [6, 6.07) is 20.9. The van der Waals surface area contributed by atoms with E-state index in [2.05, 4.69) is 20.6 Å². The van der Waals surface area contributed by atoms with Gasteiger partial charge in [0.15, 0.2) is 0 Å². The summed E-state index contributed by atoms with van der Waals surface area (Å²) >= 11 is 0. The Balaban J connectivity index is 1.26. The lowest BCUT2D eigenvalue weighted by Crippen LogP contribution is -2.36. The van der Waals surface area contributed by atoms with Crippen LogP contribution in [0.25, 0.3) is 27.9 Å². The number of anilines is 1. The number of aromatic nitrogens is 4. The van der Waals surface area contributed by atoms with Crippen LogP contribution in [0.4, 0.5) is 10.1 Å². The number of nitrogens with zero attached hydrogens (tertiary/aromatic N) is 3. The summed E-state index contributed by atoms with van der Waals surface area (Å²) < 4.78 is 15.9. The van der Waals surface area contributed by atoms with Crippen LogP contribution >= 0.6 is 0 Å². The lowest BCUT2D eigenvalue weighted by molar-refractivity contribution is -0.121. The van der Waals surface area contributed by atoms with Crippen LogP contribution < -0.4 is 16.2 Å². The van der Waals surface area contributed by atoms with Crippen molar-refractivity contribution in [2.45, 2.75) is 52.2 Å². The summed E-state index contributed by atoms with van der Waals surface area (Å²) in [5.74, 6) is -0.102. The molecule has 45 heavy (non-hydrogen) atoms. The number of rotatable bonds is 9. The quantitative estimate of drug-likeness (QED) is 0.160. The number of carbonyl (C=O) groups is 1. The van der Waals surface area contributed by atoms with E-state index in [1.807, 2.05) is 79.7 Å². The number of carbonyl (C=O) groups excluding carboxylic acids is 1. The summed E-state index contributed by atoms with van der Waals surface area (Å²) in [4.78, 5) is 39.6. The number of aryl methyl sites for hydroxylation is 1. The van der Waals surface area contributed by atoms with Gasteiger partial charge in [0.1, 0.15) is 23.9 Å². The normalized spacial score (nSPS) is 15.0. The number of hydrogen-bond donors (Lipinski definition) is 3. The summed E-state index contributed by atoms with van der Waals surface area (Å²) in [5.41, 5.74) is 5.69. The first-order valence-corrected chi connectivity index (χ1v) is 15.2. The SMILES string of the molecule is C/C=C(F)\C(=C/CC)c1ccc(C2CCc3nc(-c4ccccc4)n(CC(=O)NCc4cc5cnccc5[nH]4)c(=O)c3N2)cc1. The molecule has 3 aromatic heterocycles. The number of aromatic amines is 1. The predicted molar refractivity (Wildman–Crippen MR) is 176 cm³/mol. The van der Waals surface area contributed by atoms with Crippen molar-refractivity contribution in [1.29, 1.82) is 0 Å². The molecule has 0 aliphatic carbocycles. The molecule has 6 rings (SSSR count). The summed E-state index contributed by atoms with van der Waals surface area (Å²) in [7, 11) is 0. The van der Waals surface area contributed by atoms with Crippen LogP contribution in [0.5, 0.6) is 0 Å². The van der Waals surface area contributed by atoms with E-state index < -0.39 is 0 Å². The first kappa shape index (κ1) is 29.7. The third kappa shape index (κ3) is 6.33. The number of H-pyrrole nitrogens is 1. The average molecular weight is 603 g/mol. The van der Waals surface area contributed by atoms with Gasteiger partial charge in [-0.1, -0.05) is 73.7 Å². The summed E-state index contributed by atoms with van der Waals surface area (Å²) in [5, 5.41) is 7.31. The standard InChI is InChI=1S/C36H35FN6O2/c1-3-8-28(29(37)4-2)23-11-13-24(14-12-23)30-15-16-32-34(41-30)36(45)43(35(42-32)25-9-6-5-7-10-25)22-33(44)39-21-27-19-26-20-38-18-17-31(26)40-27/h4-14,17-20,30,40-41H,3,15-16,21-22H2,1-2H3,(H,39,44)/b28-8-,29-4+. The van der Waals surface area contributed by atoms with Crippen molar-refractivity contribution in [3.63, 3.8) is 0 Å². The Bertz CT molecular complexity index is 1920. The zero-order valence-corrected chi connectivity index (χ0v) is 25.3. The van der Waals surface area contributed by atoms with Gasteiger partial charge in [0.25, 0.3) is 5.56 Å². The van der Waals surface area contributed by atoms with Gasteiger partial charge in [0, 0.05) is 40.1 Å². The lowest BCUT2D eigenvalue weighted by atomic mass is 9.94. The molecule has 9 heteroatoms. The van der Waals surface area contributed by atoms with Gasteiger partial charge in [-0.3, -0.25) is 19.1 Å². The molecule has 0 saturated carbocycles. The van der Waals surface area contributed by atoms with Gasteiger partial charge in [-0.25, -0.2) is 9.37 Å².